The van der Waals surface area contributed by atoms with E-state index < -0.39 is 0 Å². The first kappa shape index (κ1) is 13.4. The Labute approximate surface area is 120 Å². The van der Waals surface area contributed by atoms with Crippen LogP contribution in [0.5, 0.6) is 5.75 Å². The zero-order chi connectivity index (χ0) is 14.2. The Kier molecular flexibility index (Phi) is 3.43. The maximum absolute atomic E-state index is 6.24. The molecule has 3 rings (SSSR count). The van der Waals surface area contributed by atoms with Crippen LogP contribution in [0.25, 0.3) is 10.8 Å². The zero-order valence-corrected chi connectivity index (χ0v) is 12.3. The van der Waals surface area contributed by atoms with Gasteiger partial charge in [-0.25, -0.2) is 0 Å². The van der Waals surface area contributed by atoms with E-state index in [1.54, 1.807) is 0 Å². The van der Waals surface area contributed by atoms with E-state index in [0.29, 0.717) is 5.41 Å². The molecule has 0 bridgehead atoms. The minimum atomic E-state index is 0.125. The number of fused-ring (bicyclic) bond motifs is 1. The Balaban J connectivity index is 1.81. The molecule has 0 amide bonds. The molecule has 20 heavy (non-hydrogen) atoms. The molecule has 0 heterocycles. The molecular formula is C18H23NO. The summed E-state index contributed by atoms with van der Waals surface area (Å²) in [5, 5.41) is 2.46. The SMILES string of the molecule is CC1(C)CCC(N)C(Oc2ccc3ccccc3c2)C1. The number of rotatable bonds is 2. The van der Waals surface area contributed by atoms with Crippen LogP contribution in [0.1, 0.15) is 33.1 Å². The quantitative estimate of drug-likeness (QED) is 0.890. The summed E-state index contributed by atoms with van der Waals surface area (Å²) in [6.45, 7) is 4.60. The molecular weight excluding hydrogens is 246 g/mol. The van der Waals surface area contributed by atoms with E-state index in [1.165, 1.54) is 17.2 Å². The molecule has 0 radical (unpaired) electrons. The molecule has 2 nitrogen and oxygen atoms in total. The highest BCUT2D eigenvalue weighted by molar-refractivity contribution is 5.83. The van der Waals surface area contributed by atoms with Crippen molar-refractivity contribution in [1.82, 2.24) is 0 Å². The van der Waals surface area contributed by atoms with Crippen molar-refractivity contribution in [2.24, 2.45) is 11.1 Å². The van der Waals surface area contributed by atoms with Crippen LogP contribution in [0.3, 0.4) is 0 Å². The van der Waals surface area contributed by atoms with Gasteiger partial charge in [0.2, 0.25) is 0 Å². The van der Waals surface area contributed by atoms with Crippen LogP contribution in [0, 0.1) is 5.41 Å². The van der Waals surface area contributed by atoms with Gasteiger partial charge in [0, 0.05) is 6.04 Å². The van der Waals surface area contributed by atoms with Gasteiger partial charge in [-0.15, -0.1) is 0 Å². The Morgan fingerprint density at radius 1 is 1.10 bits per heavy atom. The molecule has 106 valence electrons. The van der Waals surface area contributed by atoms with Gasteiger partial charge in [-0.1, -0.05) is 44.2 Å². The van der Waals surface area contributed by atoms with Crippen molar-refractivity contribution in [2.45, 2.75) is 45.3 Å². The fourth-order valence-electron chi connectivity index (χ4n) is 3.09. The lowest BCUT2D eigenvalue weighted by Crippen LogP contribution is -2.46. The number of nitrogens with two attached hydrogens (primary N) is 1. The van der Waals surface area contributed by atoms with Gasteiger partial charge in [0.05, 0.1) is 0 Å². The van der Waals surface area contributed by atoms with Gasteiger partial charge in [0.1, 0.15) is 11.9 Å². The van der Waals surface area contributed by atoms with Gasteiger partial charge in [0.15, 0.2) is 0 Å². The molecule has 2 aromatic rings. The normalized spacial score (nSPS) is 25.6. The first-order valence-electron chi connectivity index (χ1n) is 7.45. The molecule has 0 aromatic heterocycles. The van der Waals surface area contributed by atoms with Crippen LogP contribution in [0.15, 0.2) is 42.5 Å². The lowest BCUT2D eigenvalue weighted by molar-refractivity contribution is 0.0670. The Hall–Kier alpha value is -1.54. The minimum absolute atomic E-state index is 0.125. The molecule has 0 saturated heterocycles. The van der Waals surface area contributed by atoms with Crippen LogP contribution in [-0.4, -0.2) is 12.1 Å². The second kappa shape index (κ2) is 5.10. The highest BCUT2D eigenvalue weighted by atomic mass is 16.5. The van der Waals surface area contributed by atoms with Crippen molar-refractivity contribution < 1.29 is 4.74 Å². The molecule has 1 fully saturated rings. The molecule has 2 aromatic carbocycles. The molecule has 1 aliphatic carbocycles. The van der Waals surface area contributed by atoms with E-state index in [-0.39, 0.29) is 12.1 Å². The zero-order valence-electron chi connectivity index (χ0n) is 12.3. The smallest absolute Gasteiger partial charge is 0.120 e. The van der Waals surface area contributed by atoms with Gasteiger partial charge < -0.3 is 10.5 Å². The predicted molar refractivity (Wildman–Crippen MR) is 84.0 cm³/mol. The summed E-state index contributed by atoms with van der Waals surface area (Å²) in [5.41, 5.74) is 6.57. The maximum atomic E-state index is 6.24. The van der Waals surface area contributed by atoms with Crippen LogP contribution < -0.4 is 10.5 Å². The van der Waals surface area contributed by atoms with Crippen molar-refractivity contribution in [2.75, 3.05) is 0 Å². The number of benzene rings is 2. The molecule has 2 heteroatoms. The molecule has 1 aliphatic rings. The number of ether oxygens (including phenoxy) is 1. The average molecular weight is 269 g/mol. The number of hydrogen-bond acceptors (Lipinski definition) is 2. The molecule has 0 aliphatic heterocycles. The lowest BCUT2D eigenvalue weighted by Gasteiger charge is -2.39. The summed E-state index contributed by atoms with van der Waals surface area (Å²) in [7, 11) is 0. The Morgan fingerprint density at radius 3 is 2.65 bits per heavy atom. The largest absolute Gasteiger partial charge is 0.489 e. The minimum Gasteiger partial charge on any atom is -0.489 e. The van der Waals surface area contributed by atoms with Gasteiger partial charge in [-0.3, -0.25) is 0 Å². The number of hydrogen-bond donors (Lipinski definition) is 1. The second-order valence-corrected chi connectivity index (χ2v) is 6.74. The van der Waals surface area contributed by atoms with Gasteiger partial charge in [-0.2, -0.15) is 0 Å². The van der Waals surface area contributed by atoms with Crippen LogP contribution in [-0.2, 0) is 0 Å². The van der Waals surface area contributed by atoms with Crippen molar-refractivity contribution in [3.05, 3.63) is 42.5 Å². The third kappa shape index (κ3) is 2.80. The van der Waals surface area contributed by atoms with Gasteiger partial charge in [0.25, 0.3) is 0 Å². The summed E-state index contributed by atoms with van der Waals surface area (Å²) < 4.78 is 6.19. The highest BCUT2D eigenvalue weighted by Gasteiger charge is 2.34. The Bertz CT molecular complexity index is 605. The van der Waals surface area contributed by atoms with E-state index in [1.807, 2.05) is 0 Å². The Morgan fingerprint density at radius 2 is 1.85 bits per heavy atom. The summed E-state index contributed by atoms with van der Waals surface area (Å²) in [6.07, 6.45) is 3.39. The van der Waals surface area contributed by atoms with Crippen molar-refractivity contribution in [3.8, 4) is 5.75 Å². The molecule has 2 atom stereocenters. The van der Waals surface area contributed by atoms with E-state index in [0.717, 1.165) is 18.6 Å². The van der Waals surface area contributed by atoms with Crippen LogP contribution in [0.4, 0.5) is 0 Å². The second-order valence-electron chi connectivity index (χ2n) is 6.74. The fourth-order valence-corrected chi connectivity index (χ4v) is 3.09. The topological polar surface area (TPSA) is 35.2 Å². The predicted octanol–water partition coefficient (Wildman–Crippen LogP) is 4.12. The van der Waals surface area contributed by atoms with E-state index >= 15 is 0 Å². The first-order chi connectivity index (χ1) is 9.53. The average Bonchev–Trinajstić information content (AvgIpc) is 2.43. The summed E-state index contributed by atoms with van der Waals surface area (Å²) in [4.78, 5) is 0. The van der Waals surface area contributed by atoms with Crippen molar-refractivity contribution in [1.29, 1.82) is 0 Å². The van der Waals surface area contributed by atoms with Crippen LogP contribution >= 0.6 is 0 Å². The lowest BCUT2D eigenvalue weighted by atomic mass is 9.74. The summed E-state index contributed by atoms with van der Waals surface area (Å²) in [6, 6.07) is 14.8. The van der Waals surface area contributed by atoms with E-state index in [9.17, 15) is 0 Å². The summed E-state index contributed by atoms with van der Waals surface area (Å²) >= 11 is 0. The third-order valence-corrected chi connectivity index (χ3v) is 4.39. The molecule has 2 N–H and O–H groups in total. The third-order valence-electron chi connectivity index (χ3n) is 4.39. The standard InChI is InChI=1S/C18H23NO/c1-18(2)10-9-16(19)17(12-18)20-15-8-7-13-5-3-4-6-14(13)11-15/h3-8,11,16-17H,9-10,12,19H2,1-2H3. The van der Waals surface area contributed by atoms with Crippen molar-refractivity contribution in [3.63, 3.8) is 0 Å². The highest BCUT2D eigenvalue weighted by Crippen LogP contribution is 2.36. The molecule has 2 unspecified atom stereocenters. The van der Waals surface area contributed by atoms with Gasteiger partial charge in [-0.05, 0) is 47.6 Å². The molecule has 1 saturated carbocycles. The van der Waals surface area contributed by atoms with Gasteiger partial charge >= 0.3 is 0 Å². The maximum Gasteiger partial charge on any atom is 0.120 e. The monoisotopic (exact) mass is 269 g/mol. The van der Waals surface area contributed by atoms with Crippen LogP contribution in [0.2, 0.25) is 0 Å². The van der Waals surface area contributed by atoms with E-state index in [4.69, 9.17) is 10.5 Å². The van der Waals surface area contributed by atoms with Crippen molar-refractivity contribution >= 4 is 10.8 Å². The fraction of sp³-hybridized carbons (Fsp3) is 0.444. The summed E-state index contributed by atoms with van der Waals surface area (Å²) in [5.74, 6) is 0.932. The van der Waals surface area contributed by atoms with E-state index in [2.05, 4.69) is 56.3 Å². The molecule has 0 spiro atoms. The first-order valence-corrected chi connectivity index (χ1v) is 7.45.